The fraction of sp³-hybridized carbons (Fsp3) is 0.545. The molecule has 0 saturated carbocycles. The zero-order valence-corrected chi connectivity index (χ0v) is 8.70. The maximum atomic E-state index is 4.14. The van der Waals surface area contributed by atoms with E-state index in [2.05, 4.69) is 36.8 Å². The average Bonchev–Trinajstić information content (AvgIpc) is 2.20. The van der Waals surface area contributed by atoms with Gasteiger partial charge >= 0.3 is 0 Å². The third-order valence-electron chi connectivity index (χ3n) is 2.49. The van der Waals surface area contributed by atoms with Crippen molar-refractivity contribution in [3.63, 3.8) is 0 Å². The summed E-state index contributed by atoms with van der Waals surface area (Å²) in [5.74, 6) is 0. The van der Waals surface area contributed by atoms with Gasteiger partial charge in [0, 0.05) is 18.4 Å². The van der Waals surface area contributed by atoms with Crippen molar-refractivity contribution in [3.05, 3.63) is 30.1 Å². The number of rotatable bonds is 4. The smallest absolute Gasteiger partial charge is 0.0357 e. The minimum atomic E-state index is 0.513. The fourth-order valence-corrected chi connectivity index (χ4v) is 1.60. The first kappa shape index (κ1) is 10.2. The van der Waals surface area contributed by atoms with Crippen LogP contribution in [0, 0.1) is 0 Å². The molecule has 0 aromatic carbocycles. The van der Waals surface area contributed by atoms with Crippen LogP contribution in [0.4, 0.5) is 0 Å². The van der Waals surface area contributed by atoms with E-state index in [1.807, 2.05) is 18.5 Å². The largest absolute Gasteiger partial charge is 0.300 e. The summed E-state index contributed by atoms with van der Waals surface area (Å²) in [5, 5.41) is 0. The first-order valence-electron chi connectivity index (χ1n) is 4.89. The molecule has 1 aromatic rings. The minimum Gasteiger partial charge on any atom is -0.300 e. The summed E-state index contributed by atoms with van der Waals surface area (Å²) in [4.78, 5) is 6.49. The van der Waals surface area contributed by atoms with Gasteiger partial charge in [-0.1, -0.05) is 19.9 Å². The molecule has 0 aliphatic carbocycles. The second kappa shape index (κ2) is 4.97. The van der Waals surface area contributed by atoms with Gasteiger partial charge in [-0.05, 0) is 31.6 Å². The molecule has 0 N–H and O–H groups in total. The molecule has 2 nitrogen and oxygen atoms in total. The van der Waals surface area contributed by atoms with Crippen LogP contribution in [0.25, 0.3) is 0 Å². The van der Waals surface area contributed by atoms with Crippen molar-refractivity contribution in [1.82, 2.24) is 9.88 Å². The van der Waals surface area contributed by atoms with Gasteiger partial charge in [0.2, 0.25) is 0 Å². The molecule has 0 spiro atoms. The molecule has 1 aromatic heterocycles. The Kier molecular flexibility index (Phi) is 3.90. The molecule has 0 saturated heterocycles. The number of hydrogen-bond donors (Lipinski definition) is 0. The van der Waals surface area contributed by atoms with Crippen LogP contribution in [0.2, 0.25) is 0 Å². The molecule has 0 bridgehead atoms. The Balaban J connectivity index is 2.78. The van der Waals surface area contributed by atoms with Crippen molar-refractivity contribution in [2.45, 2.75) is 26.3 Å². The van der Waals surface area contributed by atoms with Crippen molar-refractivity contribution < 1.29 is 0 Å². The molecule has 1 heterocycles. The lowest BCUT2D eigenvalue weighted by Crippen LogP contribution is -2.23. The normalized spacial score (nSPS) is 13.2. The van der Waals surface area contributed by atoms with Crippen LogP contribution in [-0.4, -0.2) is 23.5 Å². The van der Waals surface area contributed by atoms with Crippen LogP contribution in [0.1, 0.15) is 31.9 Å². The molecular weight excluding hydrogens is 160 g/mol. The van der Waals surface area contributed by atoms with Crippen LogP contribution in [0.15, 0.2) is 24.5 Å². The highest BCUT2D eigenvalue weighted by molar-refractivity contribution is 5.13. The van der Waals surface area contributed by atoms with Crippen LogP contribution in [0.5, 0.6) is 0 Å². The lowest BCUT2D eigenvalue weighted by Gasteiger charge is -2.25. The van der Waals surface area contributed by atoms with E-state index in [0.29, 0.717) is 6.04 Å². The van der Waals surface area contributed by atoms with E-state index in [9.17, 15) is 0 Å². The Morgan fingerprint density at radius 3 is 2.69 bits per heavy atom. The SMILES string of the molecule is CCC(c1cccnc1)N(C)CC. The quantitative estimate of drug-likeness (QED) is 0.704. The molecule has 13 heavy (non-hydrogen) atoms. The summed E-state index contributed by atoms with van der Waals surface area (Å²) in [6, 6.07) is 4.66. The summed E-state index contributed by atoms with van der Waals surface area (Å²) >= 11 is 0. The molecular formula is C11H18N2. The first-order valence-corrected chi connectivity index (χ1v) is 4.89. The van der Waals surface area contributed by atoms with Crippen LogP contribution in [-0.2, 0) is 0 Å². The zero-order chi connectivity index (χ0) is 9.68. The second-order valence-electron chi connectivity index (χ2n) is 3.28. The maximum absolute atomic E-state index is 4.14. The monoisotopic (exact) mass is 178 g/mol. The minimum absolute atomic E-state index is 0.513. The van der Waals surface area contributed by atoms with Gasteiger partial charge in [-0.15, -0.1) is 0 Å². The second-order valence-corrected chi connectivity index (χ2v) is 3.28. The van der Waals surface area contributed by atoms with E-state index in [0.717, 1.165) is 13.0 Å². The van der Waals surface area contributed by atoms with Crippen LogP contribution in [0.3, 0.4) is 0 Å². The van der Waals surface area contributed by atoms with E-state index in [1.165, 1.54) is 5.56 Å². The molecule has 0 fully saturated rings. The third-order valence-corrected chi connectivity index (χ3v) is 2.49. The standard InChI is InChI=1S/C11H18N2/c1-4-11(13(3)5-2)10-7-6-8-12-9-10/h6-9,11H,4-5H2,1-3H3. The molecule has 0 amide bonds. The van der Waals surface area contributed by atoms with Gasteiger partial charge < -0.3 is 0 Å². The van der Waals surface area contributed by atoms with Gasteiger partial charge in [0.1, 0.15) is 0 Å². The van der Waals surface area contributed by atoms with Crippen molar-refractivity contribution in [2.24, 2.45) is 0 Å². The highest BCUT2D eigenvalue weighted by Crippen LogP contribution is 2.20. The highest BCUT2D eigenvalue weighted by Gasteiger charge is 2.12. The topological polar surface area (TPSA) is 16.1 Å². The fourth-order valence-electron chi connectivity index (χ4n) is 1.60. The molecule has 2 heteroatoms. The predicted molar refractivity (Wildman–Crippen MR) is 55.6 cm³/mol. The number of pyridine rings is 1. The molecule has 1 atom stereocenters. The molecule has 0 aliphatic rings. The third kappa shape index (κ3) is 2.52. The van der Waals surface area contributed by atoms with E-state index < -0.39 is 0 Å². The molecule has 0 radical (unpaired) electrons. The Hall–Kier alpha value is -0.890. The summed E-state index contributed by atoms with van der Waals surface area (Å²) in [7, 11) is 2.15. The van der Waals surface area contributed by atoms with Gasteiger partial charge in [0.15, 0.2) is 0 Å². The summed E-state index contributed by atoms with van der Waals surface area (Å²) in [6.07, 6.45) is 4.92. The Bertz CT molecular complexity index is 233. The zero-order valence-electron chi connectivity index (χ0n) is 8.70. The Labute approximate surface area is 80.6 Å². The van der Waals surface area contributed by atoms with E-state index >= 15 is 0 Å². The van der Waals surface area contributed by atoms with E-state index in [-0.39, 0.29) is 0 Å². The lowest BCUT2D eigenvalue weighted by atomic mass is 10.1. The van der Waals surface area contributed by atoms with Crippen molar-refractivity contribution in [1.29, 1.82) is 0 Å². The van der Waals surface area contributed by atoms with Gasteiger partial charge in [-0.3, -0.25) is 9.88 Å². The van der Waals surface area contributed by atoms with Crippen LogP contribution >= 0.6 is 0 Å². The maximum Gasteiger partial charge on any atom is 0.0357 e. The van der Waals surface area contributed by atoms with Gasteiger partial charge in [-0.25, -0.2) is 0 Å². The van der Waals surface area contributed by atoms with Crippen molar-refractivity contribution in [2.75, 3.05) is 13.6 Å². The highest BCUT2D eigenvalue weighted by atomic mass is 15.1. The number of aromatic nitrogens is 1. The average molecular weight is 178 g/mol. The number of nitrogens with zero attached hydrogens (tertiary/aromatic N) is 2. The molecule has 72 valence electrons. The predicted octanol–water partition coefficient (Wildman–Crippen LogP) is 2.48. The van der Waals surface area contributed by atoms with Crippen LogP contribution < -0.4 is 0 Å². The lowest BCUT2D eigenvalue weighted by molar-refractivity contribution is 0.251. The van der Waals surface area contributed by atoms with Gasteiger partial charge in [0.05, 0.1) is 0 Å². The van der Waals surface area contributed by atoms with Crippen molar-refractivity contribution >= 4 is 0 Å². The van der Waals surface area contributed by atoms with E-state index in [1.54, 1.807) is 0 Å². The summed E-state index contributed by atoms with van der Waals surface area (Å²) in [6.45, 7) is 5.47. The van der Waals surface area contributed by atoms with Gasteiger partial charge in [0.25, 0.3) is 0 Å². The van der Waals surface area contributed by atoms with Crippen molar-refractivity contribution in [3.8, 4) is 0 Å². The summed E-state index contributed by atoms with van der Waals surface area (Å²) < 4.78 is 0. The first-order chi connectivity index (χ1) is 6.29. The molecule has 1 unspecified atom stereocenters. The Morgan fingerprint density at radius 2 is 2.23 bits per heavy atom. The number of hydrogen-bond acceptors (Lipinski definition) is 2. The van der Waals surface area contributed by atoms with E-state index in [4.69, 9.17) is 0 Å². The molecule has 0 aliphatic heterocycles. The Morgan fingerprint density at radius 1 is 1.46 bits per heavy atom. The van der Waals surface area contributed by atoms with Gasteiger partial charge in [-0.2, -0.15) is 0 Å². The summed E-state index contributed by atoms with van der Waals surface area (Å²) in [5.41, 5.74) is 1.31. The molecule has 1 rings (SSSR count).